The molecule has 0 unspecified atom stereocenters. The Kier molecular flexibility index (Phi) is 6.09. The Balaban J connectivity index is 1.67. The van der Waals surface area contributed by atoms with E-state index in [9.17, 15) is 14.7 Å². The second-order valence-corrected chi connectivity index (χ2v) is 7.54. The third kappa shape index (κ3) is 4.28. The van der Waals surface area contributed by atoms with Crippen LogP contribution in [0.5, 0.6) is 5.75 Å². The molecule has 0 spiro atoms. The predicted octanol–water partition coefficient (Wildman–Crippen LogP) is 1.49. The van der Waals surface area contributed by atoms with Gasteiger partial charge in [0.15, 0.2) is 11.2 Å². The number of hydrogen-bond acceptors (Lipinski definition) is 6. The highest BCUT2D eigenvalue weighted by Crippen LogP contribution is 2.18. The van der Waals surface area contributed by atoms with Crippen LogP contribution in [-0.2, 0) is 27.2 Å². The summed E-state index contributed by atoms with van der Waals surface area (Å²) in [7, 11) is 2.99. The summed E-state index contributed by atoms with van der Waals surface area (Å²) in [5.41, 5.74) is 0.587. The Hall–Kier alpha value is -3.85. The van der Waals surface area contributed by atoms with Gasteiger partial charge in [0.1, 0.15) is 18.5 Å². The van der Waals surface area contributed by atoms with Crippen molar-refractivity contribution in [2.24, 2.45) is 14.1 Å². The second-order valence-electron chi connectivity index (χ2n) is 7.54. The van der Waals surface area contributed by atoms with Crippen molar-refractivity contribution in [1.29, 1.82) is 0 Å². The van der Waals surface area contributed by atoms with Crippen molar-refractivity contribution in [3.63, 3.8) is 0 Å². The third-order valence-electron chi connectivity index (χ3n) is 5.22. The molecule has 2 heterocycles. The number of hydrogen-bond donors (Lipinski definition) is 2. The molecule has 0 radical (unpaired) electrons. The molecule has 1 atom stereocenters. The Morgan fingerprint density at radius 3 is 2.34 bits per heavy atom. The zero-order chi connectivity index (χ0) is 22.7. The molecule has 9 nitrogen and oxygen atoms in total. The molecule has 0 amide bonds. The number of rotatable bonds is 8. The molecule has 9 heteroatoms. The van der Waals surface area contributed by atoms with Gasteiger partial charge in [-0.05, 0) is 17.7 Å². The van der Waals surface area contributed by atoms with Crippen LogP contribution in [0.1, 0.15) is 5.56 Å². The summed E-state index contributed by atoms with van der Waals surface area (Å²) < 4.78 is 9.63. The molecule has 0 fully saturated rings. The molecule has 0 saturated carbocycles. The van der Waals surface area contributed by atoms with Crippen LogP contribution in [0.3, 0.4) is 0 Å². The summed E-state index contributed by atoms with van der Waals surface area (Å²) in [5.74, 6) is 1.03. The van der Waals surface area contributed by atoms with E-state index in [2.05, 4.69) is 10.3 Å². The molecule has 2 N–H and O–H groups in total. The normalized spacial score (nSPS) is 12.1. The lowest BCUT2D eigenvalue weighted by molar-refractivity contribution is 0.0938. The van der Waals surface area contributed by atoms with Gasteiger partial charge in [0.25, 0.3) is 5.56 Å². The van der Waals surface area contributed by atoms with E-state index < -0.39 is 17.4 Å². The van der Waals surface area contributed by atoms with Crippen molar-refractivity contribution in [2.45, 2.75) is 19.2 Å². The Morgan fingerprint density at radius 1 is 1.00 bits per heavy atom. The molecular weight excluding hydrogens is 410 g/mol. The summed E-state index contributed by atoms with van der Waals surface area (Å²) in [6, 6.07) is 18.9. The average Bonchev–Trinajstić information content (AvgIpc) is 3.18. The SMILES string of the molecule is Cn1c(=O)c2c(nc(NCc3ccccc3)n2C[C@@H](O)COc2ccccc2)n(C)c1=O. The smallest absolute Gasteiger partial charge is 0.332 e. The first-order valence-corrected chi connectivity index (χ1v) is 10.3. The van der Waals surface area contributed by atoms with E-state index in [1.165, 1.54) is 11.6 Å². The van der Waals surface area contributed by atoms with Gasteiger partial charge >= 0.3 is 5.69 Å². The van der Waals surface area contributed by atoms with Crippen molar-refractivity contribution in [3.05, 3.63) is 87.1 Å². The van der Waals surface area contributed by atoms with Gasteiger partial charge in [-0.25, -0.2) is 4.79 Å². The van der Waals surface area contributed by atoms with E-state index in [1.807, 2.05) is 48.5 Å². The van der Waals surface area contributed by atoms with E-state index in [0.29, 0.717) is 18.2 Å². The number of benzene rings is 2. The largest absolute Gasteiger partial charge is 0.491 e. The standard InChI is InChI=1S/C23H25N5O4/c1-26-20-19(21(30)27(2)23(26)31)28(14-17(29)15-32-18-11-7-4-8-12-18)22(25-20)24-13-16-9-5-3-6-10-16/h3-12,17,29H,13-15H2,1-2H3,(H,24,25)/t17-/m1/s1. The van der Waals surface area contributed by atoms with Crippen LogP contribution in [0.4, 0.5) is 5.95 Å². The number of nitrogens with one attached hydrogen (secondary N) is 1. The number of aliphatic hydroxyl groups excluding tert-OH is 1. The number of imidazole rings is 1. The molecule has 0 aliphatic heterocycles. The summed E-state index contributed by atoms with van der Waals surface area (Å²) in [6.07, 6.45) is -0.910. The quantitative estimate of drug-likeness (QED) is 0.435. The molecule has 166 valence electrons. The third-order valence-corrected chi connectivity index (χ3v) is 5.22. The maximum Gasteiger partial charge on any atom is 0.332 e. The van der Waals surface area contributed by atoms with Gasteiger partial charge in [-0.1, -0.05) is 48.5 Å². The summed E-state index contributed by atoms with van der Waals surface area (Å²) in [6.45, 7) is 0.566. The maximum absolute atomic E-state index is 12.9. The minimum atomic E-state index is -0.910. The van der Waals surface area contributed by atoms with Gasteiger partial charge in [0, 0.05) is 20.6 Å². The molecule has 0 aliphatic carbocycles. The van der Waals surface area contributed by atoms with Crippen LogP contribution in [-0.4, -0.2) is 36.5 Å². The zero-order valence-corrected chi connectivity index (χ0v) is 17.9. The number of ether oxygens (including phenoxy) is 1. The molecule has 4 rings (SSSR count). The first-order valence-electron chi connectivity index (χ1n) is 10.3. The number of fused-ring (bicyclic) bond motifs is 1. The van der Waals surface area contributed by atoms with Crippen molar-refractivity contribution >= 4 is 17.1 Å². The second kappa shape index (κ2) is 9.11. The Labute approximate surface area is 184 Å². The van der Waals surface area contributed by atoms with Crippen molar-refractivity contribution in [2.75, 3.05) is 11.9 Å². The lowest BCUT2D eigenvalue weighted by Gasteiger charge is -2.16. The van der Waals surface area contributed by atoms with Crippen LogP contribution in [0.2, 0.25) is 0 Å². The summed E-state index contributed by atoms with van der Waals surface area (Å²) in [4.78, 5) is 29.8. The molecule has 4 aromatic rings. The van der Waals surface area contributed by atoms with Gasteiger partial charge in [0.05, 0.1) is 6.54 Å². The fourth-order valence-electron chi connectivity index (χ4n) is 3.51. The summed E-state index contributed by atoms with van der Waals surface area (Å²) >= 11 is 0. The van der Waals surface area contributed by atoms with Gasteiger partial charge in [-0.2, -0.15) is 4.98 Å². The lowest BCUT2D eigenvalue weighted by Crippen LogP contribution is -2.38. The van der Waals surface area contributed by atoms with E-state index >= 15 is 0 Å². The van der Waals surface area contributed by atoms with E-state index in [-0.39, 0.29) is 24.3 Å². The van der Waals surface area contributed by atoms with Crippen molar-refractivity contribution in [3.8, 4) is 5.75 Å². The van der Waals surface area contributed by atoms with Crippen LogP contribution in [0.15, 0.2) is 70.3 Å². The lowest BCUT2D eigenvalue weighted by atomic mass is 10.2. The fourth-order valence-corrected chi connectivity index (χ4v) is 3.51. The number of anilines is 1. The Morgan fingerprint density at radius 2 is 1.66 bits per heavy atom. The highest BCUT2D eigenvalue weighted by Gasteiger charge is 2.21. The van der Waals surface area contributed by atoms with E-state index in [1.54, 1.807) is 23.7 Å². The van der Waals surface area contributed by atoms with Gasteiger partial charge in [-0.15, -0.1) is 0 Å². The van der Waals surface area contributed by atoms with Crippen LogP contribution in [0, 0.1) is 0 Å². The minimum absolute atomic E-state index is 0.0356. The highest BCUT2D eigenvalue weighted by molar-refractivity contribution is 5.74. The van der Waals surface area contributed by atoms with Crippen LogP contribution >= 0.6 is 0 Å². The predicted molar refractivity (Wildman–Crippen MR) is 122 cm³/mol. The topological polar surface area (TPSA) is 103 Å². The maximum atomic E-state index is 12.9. The van der Waals surface area contributed by atoms with Crippen molar-refractivity contribution in [1.82, 2.24) is 18.7 Å². The van der Waals surface area contributed by atoms with Crippen LogP contribution < -0.4 is 21.3 Å². The molecule has 32 heavy (non-hydrogen) atoms. The van der Waals surface area contributed by atoms with Crippen molar-refractivity contribution < 1.29 is 9.84 Å². The van der Waals surface area contributed by atoms with Gasteiger partial charge < -0.3 is 19.7 Å². The van der Waals surface area contributed by atoms with Crippen LogP contribution in [0.25, 0.3) is 11.2 Å². The van der Waals surface area contributed by atoms with E-state index in [0.717, 1.165) is 10.1 Å². The average molecular weight is 435 g/mol. The molecule has 2 aromatic carbocycles. The number of para-hydroxylation sites is 1. The molecule has 2 aromatic heterocycles. The fraction of sp³-hybridized carbons (Fsp3) is 0.261. The monoisotopic (exact) mass is 435 g/mol. The number of nitrogens with zero attached hydrogens (tertiary/aromatic N) is 4. The van der Waals surface area contributed by atoms with E-state index in [4.69, 9.17) is 4.74 Å². The first-order chi connectivity index (χ1) is 15.5. The minimum Gasteiger partial charge on any atom is -0.491 e. The Bertz CT molecular complexity index is 1330. The first kappa shape index (κ1) is 21.4. The summed E-state index contributed by atoms with van der Waals surface area (Å²) in [5, 5.41) is 13.9. The molecule has 0 saturated heterocycles. The molecule has 0 aliphatic rings. The van der Waals surface area contributed by atoms with Gasteiger partial charge in [0.2, 0.25) is 5.95 Å². The number of aromatic nitrogens is 4. The zero-order valence-electron chi connectivity index (χ0n) is 17.9. The number of aliphatic hydroxyl groups is 1. The van der Waals surface area contributed by atoms with Gasteiger partial charge in [-0.3, -0.25) is 13.9 Å². The number of aryl methyl sites for hydroxylation is 1. The molecular formula is C23H25N5O4. The highest BCUT2D eigenvalue weighted by atomic mass is 16.5. The molecule has 0 bridgehead atoms.